The van der Waals surface area contributed by atoms with Gasteiger partial charge in [-0.25, -0.2) is 9.18 Å². The molecule has 0 atom stereocenters. The van der Waals surface area contributed by atoms with Crippen LogP contribution in [0.1, 0.15) is 26.5 Å². The summed E-state index contributed by atoms with van der Waals surface area (Å²) in [6.07, 6.45) is 0. The van der Waals surface area contributed by atoms with Crippen LogP contribution < -0.4 is 5.32 Å². The second-order valence-electron chi connectivity index (χ2n) is 4.24. The summed E-state index contributed by atoms with van der Waals surface area (Å²) in [6.45, 7) is 1.72. The fraction of sp³-hybridized carbons (Fsp3) is 0.154. The molecule has 20 heavy (non-hydrogen) atoms. The number of aryl methyl sites for hydroxylation is 2. The number of anilines is 1. The molecule has 0 bridgehead atoms. The maximum atomic E-state index is 13.2. The molecule has 2 N–H and O–H groups in total. The number of halogens is 1. The third kappa shape index (κ3) is 2.66. The van der Waals surface area contributed by atoms with Crippen LogP contribution in [-0.2, 0) is 7.05 Å². The molecule has 0 radical (unpaired) electrons. The average molecular weight is 277 g/mol. The van der Waals surface area contributed by atoms with E-state index < -0.39 is 17.7 Å². The van der Waals surface area contributed by atoms with Crippen molar-refractivity contribution in [3.05, 3.63) is 47.0 Å². The average Bonchev–Trinajstić information content (AvgIpc) is 2.68. The SMILES string of the molecule is Cc1cc(C(=O)Nc2cc(F)ccc2C(=O)O)n(C)n1. The predicted octanol–water partition coefficient (Wildman–Crippen LogP) is 1.82. The lowest BCUT2D eigenvalue weighted by molar-refractivity contribution is 0.0698. The molecule has 1 heterocycles. The van der Waals surface area contributed by atoms with E-state index in [9.17, 15) is 14.0 Å². The van der Waals surface area contributed by atoms with Crippen molar-refractivity contribution < 1.29 is 19.1 Å². The highest BCUT2D eigenvalue weighted by Crippen LogP contribution is 2.18. The van der Waals surface area contributed by atoms with Crippen molar-refractivity contribution in [2.45, 2.75) is 6.92 Å². The Morgan fingerprint density at radius 3 is 2.60 bits per heavy atom. The molecule has 0 fully saturated rings. The largest absolute Gasteiger partial charge is 0.478 e. The van der Waals surface area contributed by atoms with E-state index in [0.717, 1.165) is 18.2 Å². The molecular formula is C13H12FN3O3. The third-order valence-electron chi connectivity index (χ3n) is 2.69. The maximum Gasteiger partial charge on any atom is 0.337 e. The number of carboxylic acids is 1. The Bertz CT molecular complexity index is 694. The van der Waals surface area contributed by atoms with Crippen LogP contribution in [0, 0.1) is 12.7 Å². The molecule has 0 unspecified atom stereocenters. The van der Waals surface area contributed by atoms with E-state index in [0.29, 0.717) is 5.69 Å². The van der Waals surface area contributed by atoms with Crippen molar-refractivity contribution in [2.24, 2.45) is 7.05 Å². The molecule has 0 spiro atoms. The Labute approximate surface area is 113 Å². The van der Waals surface area contributed by atoms with Gasteiger partial charge in [0.2, 0.25) is 0 Å². The number of hydrogen-bond acceptors (Lipinski definition) is 3. The molecule has 7 heteroatoms. The Kier molecular flexibility index (Phi) is 3.51. The number of aromatic carboxylic acids is 1. The van der Waals surface area contributed by atoms with Crippen LogP contribution in [0.3, 0.4) is 0 Å². The van der Waals surface area contributed by atoms with Crippen molar-refractivity contribution in [1.82, 2.24) is 9.78 Å². The maximum absolute atomic E-state index is 13.2. The van der Waals surface area contributed by atoms with E-state index >= 15 is 0 Å². The quantitative estimate of drug-likeness (QED) is 0.896. The zero-order valence-corrected chi connectivity index (χ0v) is 10.8. The van der Waals surface area contributed by atoms with Gasteiger partial charge in [-0.05, 0) is 31.2 Å². The normalized spacial score (nSPS) is 10.3. The van der Waals surface area contributed by atoms with E-state index in [1.54, 1.807) is 20.0 Å². The van der Waals surface area contributed by atoms with Gasteiger partial charge in [-0.15, -0.1) is 0 Å². The monoisotopic (exact) mass is 277 g/mol. The summed E-state index contributed by atoms with van der Waals surface area (Å²) in [5, 5.41) is 15.4. The molecule has 0 aliphatic heterocycles. The van der Waals surface area contributed by atoms with Crippen molar-refractivity contribution in [2.75, 3.05) is 5.32 Å². The van der Waals surface area contributed by atoms with Crippen LogP contribution in [0.2, 0.25) is 0 Å². The molecule has 0 aliphatic rings. The standard InChI is InChI=1S/C13H12FN3O3/c1-7-5-11(17(2)16-7)12(18)15-10-6-8(14)3-4-9(10)13(19)20/h3-6H,1-2H3,(H,15,18)(H,19,20). The van der Waals surface area contributed by atoms with E-state index in [2.05, 4.69) is 10.4 Å². The molecule has 1 aromatic carbocycles. The van der Waals surface area contributed by atoms with Gasteiger partial charge >= 0.3 is 5.97 Å². The Morgan fingerprint density at radius 1 is 1.35 bits per heavy atom. The van der Waals surface area contributed by atoms with Gasteiger partial charge in [0.05, 0.1) is 16.9 Å². The van der Waals surface area contributed by atoms with Gasteiger partial charge < -0.3 is 10.4 Å². The zero-order chi connectivity index (χ0) is 14.9. The highest BCUT2D eigenvalue weighted by Gasteiger charge is 2.17. The van der Waals surface area contributed by atoms with Crippen molar-refractivity contribution in [1.29, 1.82) is 0 Å². The molecule has 1 aromatic heterocycles. The first-order valence-electron chi connectivity index (χ1n) is 5.73. The summed E-state index contributed by atoms with van der Waals surface area (Å²) < 4.78 is 14.6. The number of carbonyl (C=O) groups excluding carboxylic acids is 1. The first kappa shape index (κ1) is 13.7. The lowest BCUT2D eigenvalue weighted by Gasteiger charge is -2.08. The van der Waals surface area contributed by atoms with Crippen LogP contribution in [0.15, 0.2) is 24.3 Å². The van der Waals surface area contributed by atoms with Gasteiger partial charge in [0.15, 0.2) is 0 Å². The van der Waals surface area contributed by atoms with Crippen molar-refractivity contribution >= 4 is 17.6 Å². The minimum absolute atomic E-state index is 0.0960. The van der Waals surface area contributed by atoms with Gasteiger partial charge in [-0.3, -0.25) is 9.48 Å². The highest BCUT2D eigenvalue weighted by molar-refractivity contribution is 6.06. The number of hydrogen-bond donors (Lipinski definition) is 2. The second-order valence-corrected chi connectivity index (χ2v) is 4.24. The summed E-state index contributed by atoms with van der Waals surface area (Å²) in [5.74, 6) is -2.44. The Balaban J connectivity index is 2.34. The van der Waals surface area contributed by atoms with E-state index in [-0.39, 0.29) is 16.9 Å². The molecule has 0 saturated heterocycles. The van der Waals surface area contributed by atoms with Crippen molar-refractivity contribution in [3.8, 4) is 0 Å². The number of nitrogens with one attached hydrogen (secondary N) is 1. The first-order chi connectivity index (χ1) is 9.38. The van der Waals surface area contributed by atoms with Crippen LogP contribution >= 0.6 is 0 Å². The second kappa shape index (κ2) is 5.12. The van der Waals surface area contributed by atoms with Crippen LogP contribution in [0.25, 0.3) is 0 Å². The summed E-state index contributed by atoms with van der Waals surface area (Å²) in [5.41, 5.74) is 0.624. The number of aromatic nitrogens is 2. The fourth-order valence-electron chi connectivity index (χ4n) is 1.82. The van der Waals surface area contributed by atoms with Crippen LogP contribution in [-0.4, -0.2) is 26.8 Å². The Hall–Kier alpha value is -2.70. The summed E-state index contributed by atoms with van der Waals surface area (Å²) in [4.78, 5) is 23.1. The zero-order valence-electron chi connectivity index (χ0n) is 10.8. The highest BCUT2D eigenvalue weighted by atomic mass is 19.1. The summed E-state index contributed by atoms with van der Waals surface area (Å²) >= 11 is 0. The molecule has 1 amide bonds. The smallest absolute Gasteiger partial charge is 0.337 e. The topological polar surface area (TPSA) is 84.2 Å². The number of rotatable bonds is 3. The Morgan fingerprint density at radius 2 is 2.05 bits per heavy atom. The molecule has 104 valence electrons. The lowest BCUT2D eigenvalue weighted by Crippen LogP contribution is -2.18. The number of benzene rings is 1. The van der Waals surface area contributed by atoms with Crippen LogP contribution in [0.5, 0.6) is 0 Å². The molecular weight excluding hydrogens is 265 g/mol. The molecule has 2 rings (SSSR count). The first-order valence-corrected chi connectivity index (χ1v) is 5.73. The molecule has 0 aliphatic carbocycles. The van der Waals surface area contributed by atoms with Crippen molar-refractivity contribution in [3.63, 3.8) is 0 Å². The van der Waals surface area contributed by atoms with Crippen LogP contribution in [0.4, 0.5) is 10.1 Å². The lowest BCUT2D eigenvalue weighted by atomic mass is 10.1. The summed E-state index contributed by atoms with van der Waals surface area (Å²) in [7, 11) is 1.59. The number of carbonyl (C=O) groups is 2. The van der Waals surface area contributed by atoms with Gasteiger partial charge in [-0.2, -0.15) is 5.10 Å². The van der Waals surface area contributed by atoms with Gasteiger partial charge in [0.1, 0.15) is 11.5 Å². The van der Waals surface area contributed by atoms with E-state index in [4.69, 9.17) is 5.11 Å². The minimum atomic E-state index is -1.25. The number of amides is 1. The van der Waals surface area contributed by atoms with Gasteiger partial charge in [0, 0.05) is 7.05 Å². The molecule has 6 nitrogen and oxygen atoms in total. The van der Waals surface area contributed by atoms with Gasteiger partial charge in [-0.1, -0.05) is 0 Å². The van der Waals surface area contributed by atoms with E-state index in [1.807, 2.05) is 0 Å². The predicted molar refractivity (Wildman–Crippen MR) is 69.3 cm³/mol. The molecule has 2 aromatic rings. The summed E-state index contributed by atoms with van der Waals surface area (Å²) in [6, 6.07) is 4.63. The minimum Gasteiger partial charge on any atom is -0.478 e. The number of nitrogens with zero attached hydrogens (tertiary/aromatic N) is 2. The number of carboxylic acid groups (broad SMARTS) is 1. The fourth-order valence-corrected chi connectivity index (χ4v) is 1.82. The van der Waals surface area contributed by atoms with E-state index in [1.165, 1.54) is 4.68 Å². The molecule has 0 saturated carbocycles. The van der Waals surface area contributed by atoms with Gasteiger partial charge in [0.25, 0.3) is 5.91 Å². The third-order valence-corrected chi connectivity index (χ3v) is 2.69.